The molecule has 0 amide bonds. The van der Waals surface area contributed by atoms with E-state index in [-0.39, 0.29) is 0 Å². The van der Waals surface area contributed by atoms with Gasteiger partial charge in [-0.3, -0.25) is 0 Å². The summed E-state index contributed by atoms with van der Waals surface area (Å²) in [6.07, 6.45) is -13.9. The molecule has 0 radical (unpaired) electrons. The third kappa shape index (κ3) is 5.30. The minimum atomic E-state index is -4.63. The molecule has 0 saturated carbocycles. The van der Waals surface area contributed by atoms with Gasteiger partial charge in [0.15, 0.2) is 0 Å². The Kier molecular flexibility index (Phi) is 7.12. The number of aryl methyl sites for hydroxylation is 1. The van der Waals surface area contributed by atoms with Gasteiger partial charge in [0.25, 0.3) is 0 Å². The first-order valence-electron chi connectivity index (χ1n) is 11.2. The molecule has 200 valence electrons. The van der Waals surface area contributed by atoms with Crippen molar-refractivity contribution in [2.45, 2.75) is 25.5 Å². The number of alkyl halides is 9. The molecule has 0 N–H and O–H groups in total. The van der Waals surface area contributed by atoms with Gasteiger partial charge in [-0.25, -0.2) is 0 Å². The summed E-state index contributed by atoms with van der Waals surface area (Å²) in [6.45, 7) is 1.81. The Morgan fingerprint density at radius 2 is 0.579 bits per heavy atom. The van der Waals surface area contributed by atoms with E-state index in [1.54, 1.807) is 31.2 Å². The van der Waals surface area contributed by atoms with Crippen molar-refractivity contribution in [3.8, 4) is 0 Å². The Hall–Kier alpha value is -3.32. The van der Waals surface area contributed by atoms with Crippen molar-refractivity contribution in [3.05, 3.63) is 119 Å². The molecule has 4 aromatic rings. The summed E-state index contributed by atoms with van der Waals surface area (Å²) < 4.78 is 120. The molecule has 0 fully saturated rings. The van der Waals surface area contributed by atoms with E-state index in [4.69, 9.17) is 0 Å². The van der Waals surface area contributed by atoms with Crippen LogP contribution in [-0.4, -0.2) is 0 Å². The molecular formula is C28H20F9P. The number of benzene rings is 4. The molecule has 0 unspecified atom stereocenters. The Morgan fingerprint density at radius 3 is 0.789 bits per heavy atom. The van der Waals surface area contributed by atoms with Crippen molar-refractivity contribution < 1.29 is 39.5 Å². The van der Waals surface area contributed by atoms with Crippen molar-refractivity contribution >= 4 is 28.5 Å². The van der Waals surface area contributed by atoms with Gasteiger partial charge in [0.05, 0.1) is 0 Å². The van der Waals surface area contributed by atoms with E-state index >= 15 is 0 Å². The zero-order valence-electron chi connectivity index (χ0n) is 19.6. The van der Waals surface area contributed by atoms with E-state index in [0.29, 0.717) is 21.2 Å². The fourth-order valence-electron chi connectivity index (χ4n) is 4.53. The fourth-order valence-corrected chi connectivity index (χ4v) is 9.20. The second kappa shape index (κ2) is 9.77. The molecule has 0 aliphatic carbocycles. The average molecular weight is 558 g/mol. The van der Waals surface area contributed by atoms with Crippen LogP contribution in [0.2, 0.25) is 0 Å². The molecule has 38 heavy (non-hydrogen) atoms. The van der Waals surface area contributed by atoms with E-state index in [1.807, 2.05) is 0 Å². The van der Waals surface area contributed by atoms with Gasteiger partial charge in [-0.15, -0.1) is 0 Å². The molecule has 0 heterocycles. The summed E-state index contributed by atoms with van der Waals surface area (Å²) in [5, 5.41) is 1.69. The molecule has 0 bridgehead atoms. The van der Waals surface area contributed by atoms with Crippen LogP contribution in [0.4, 0.5) is 39.5 Å². The molecule has 0 aliphatic heterocycles. The monoisotopic (exact) mass is 558 g/mol. The van der Waals surface area contributed by atoms with Crippen molar-refractivity contribution in [2.75, 3.05) is 0 Å². The summed E-state index contributed by atoms with van der Waals surface area (Å²) in [6, 6.07) is 19.7. The third-order valence-corrected chi connectivity index (χ3v) is 11.2. The second-order valence-electron chi connectivity index (χ2n) is 8.84. The Morgan fingerprint density at radius 1 is 0.368 bits per heavy atom. The Bertz CT molecular complexity index is 1240. The van der Waals surface area contributed by atoms with E-state index < -0.39 is 42.5 Å². The molecule has 0 atom stereocenters. The van der Waals surface area contributed by atoms with Crippen molar-refractivity contribution in [2.24, 2.45) is 0 Å². The van der Waals surface area contributed by atoms with E-state index in [1.165, 1.54) is 36.4 Å². The summed E-state index contributed by atoms with van der Waals surface area (Å²) in [7, 11) is -3.67. The SMILES string of the molecule is Cc1ccc([PH](c2ccc(C(F)(F)F)cc2)(c2ccc(C(F)(F)F)cc2)c2ccc(C(F)(F)F)cc2)cc1. The zero-order valence-corrected chi connectivity index (χ0v) is 20.6. The van der Waals surface area contributed by atoms with Gasteiger partial charge in [0, 0.05) is 0 Å². The van der Waals surface area contributed by atoms with Crippen LogP contribution in [0, 0.1) is 6.92 Å². The van der Waals surface area contributed by atoms with Gasteiger partial charge >= 0.3 is 213 Å². The normalized spacial score (nSPS) is 13.4. The van der Waals surface area contributed by atoms with Crippen LogP contribution in [0.15, 0.2) is 97.1 Å². The van der Waals surface area contributed by atoms with Gasteiger partial charge in [0.1, 0.15) is 0 Å². The Labute approximate surface area is 213 Å². The van der Waals surface area contributed by atoms with Crippen molar-refractivity contribution in [3.63, 3.8) is 0 Å². The number of halogens is 9. The van der Waals surface area contributed by atoms with Crippen LogP contribution in [-0.2, 0) is 18.5 Å². The van der Waals surface area contributed by atoms with Gasteiger partial charge in [-0.2, -0.15) is 0 Å². The minimum absolute atomic E-state index is 0.369. The fraction of sp³-hybridized carbons (Fsp3) is 0.143. The predicted octanol–water partition coefficient (Wildman–Crippen LogP) is 7.40. The van der Waals surface area contributed by atoms with Crippen LogP contribution < -0.4 is 21.2 Å². The molecular weight excluding hydrogens is 538 g/mol. The quantitative estimate of drug-likeness (QED) is 0.181. The first-order valence-corrected chi connectivity index (χ1v) is 13.2. The average Bonchev–Trinajstić information content (AvgIpc) is 2.85. The Balaban J connectivity index is 2.07. The maximum absolute atomic E-state index is 13.3. The van der Waals surface area contributed by atoms with Crippen LogP contribution in [0.25, 0.3) is 0 Å². The molecule has 0 saturated heterocycles. The van der Waals surface area contributed by atoms with Gasteiger partial charge in [-0.1, -0.05) is 0 Å². The van der Waals surface area contributed by atoms with Crippen molar-refractivity contribution in [1.82, 2.24) is 0 Å². The summed E-state index contributed by atoms with van der Waals surface area (Å²) in [5.41, 5.74) is -1.92. The summed E-state index contributed by atoms with van der Waals surface area (Å²) in [4.78, 5) is 0. The van der Waals surface area contributed by atoms with Gasteiger partial charge < -0.3 is 0 Å². The van der Waals surface area contributed by atoms with Crippen molar-refractivity contribution in [1.29, 1.82) is 0 Å². The number of hydrogen-bond donors (Lipinski definition) is 0. The molecule has 0 nitrogen and oxygen atoms in total. The number of rotatable bonds is 4. The molecule has 0 spiro atoms. The number of hydrogen-bond acceptors (Lipinski definition) is 0. The van der Waals surface area contributed by atoms with E-state index in [9.17, 15) is 39.5 Å². The molecule has 4 rings (SSSR count). The molecule has 0 aromatic heterocycles. The molecule has 4 aromatic carbocycles. The van der Waals surface area contributed by atoms with Crippen LogP contribution in [0.3, 0.4) is 0 Å². The molecule has 0 aliphatic rings. The maximum atomic E-state index is 13.3. The first-order chi connectivity index (χ1) is 17.6. The third-order valence-electron chi connectivity index (χ3n) is 6.42. The zero-order chi connectivity index (χ0) is 27.9. The van der Waals surface area contributed by atoms with Gasteiger partial charge in [0.2, 0.25) is 0 Å². The molecule has 10 heteroatoms. The second-order valence-corrected chi connectivity index (χ2v) is 12.7. The van der Waals surface area contributed by atoms with Crippen LogP contribution in [0.5, 0.6) is 0 Å². The van der Waals surface area contributed by atoms with E-state index in [2.05, 4.69) is 0 Å². The first kappa shape index (κ1) is 27.7. The topological polar surface area (TPSA) is 0 Å². The van der Waals surface area contributed by atoms with Crippen LogP contribution >= 0.6 is 7.26 Å². The summed E-state index contributed by atoms with van der Waals surface area (Å²) in [5.74, 6) is 0. The van der Waals surface area contributed by atoms with Gasteiger partial charge in [-0.05, 0) is 0 Å². The van der Waals surface area contributed by atoms with E-state index in [0.717, 1.165) is 42.0 Å². The predicted molar refractivity (Wildman–Crippen MR) is 132 cm³/mol. The summed E-state index contributed by atoms with van der Waals surface area (Å²) >= 11 is 0. The standard InChI is InChI=1S/C28H20F9P/c1-18-2-10-22(11-3-18)38(23-12-4-19(5-13-23)26(29,30)31,24-14-6-20(7-15-24)27(32,33)34)25-16-8-21(9-17-25)28(35,36)37/h2-17,38H,1H3. The van der Waals surface area contributed by atoms with Crippen LogP contribution in [0.1, 0.15) is 22.3 Å².